The summed E-state index contributed by atoms with van der Waals surface area (Å²) in [6, 6.07) is 8.69. The summed E-state index contributed by atoms with van der Waals surface area (Å²) in [5, 5.41) is 3.35. The van der Waals surface area contributed by atoms with Gasteiger partial charge in [0, 0.05) is 25.5 Å². The first-order valence-corrected chi connectivity index (χ1v) is 9.95. The van der Waals surface area contributed by atoms with Gasteiger partial charge in [-0.15, -0.1) is 0 Å². The number of fused-ring (bicyclic) bond motifs is 1. The highest BCUT2D eigenvalue weighted by Crippen LogP contribution is 2.41. The Morgan fingerprint density at radius 3 is 2.89 bits per heavy atom. The lowest BCUT2D eigenvalue weighted by Crippen LogP contribution is -2.45. The number of carbonyl (C=O) groups is 1. The van der Waals surface area contributed by atoms with Crippen LogP contribution in [0.5, 0.6) is 0 Å². The minimum absolute atomic E-state index is 0.00264. The third kappa shape index (κ3) is 3.68. The Morgan fingerprint density at radius 2 is 2.07 bits per heavy atom. The summed E-state index contributed by atoms with van der Waals surface area (Å²) in [5.41, 5.74) is 2.82. The van der Waals surface area contributed by atoms with Crippen LogP contribution in [0.2, 0.25) is 0 Å². The summed E-state index contributed by atoms with van der Waals surface area (Å²) < 4.78 is 0. The van der Waals surface area contributed by atoms with Crippen molar-refractivity contribution in [2.75, 3.05) is 18.0 Å². The average molecular weight is 364 g/mol. The number of amides is 1. The molecule has 5 nitrogen and oxygen atoms in total. The molecule has 1 aliphatic heterocycles. The van der Waals surface area contributed by atoms with Gasteiger partial charge in [-0.1, -0.05) is 38.1 Å². The van der Waals surface area contributed by atoms with E-state index in [0.717, 1.165) is 38.0 Å². The topological polar surface area (TPSA) is 58.1 Å². The number of aromatic nitrogens is 2. The van der Waals surface area contributed by atoms with Gasteiger partial charge in [0.05, 0.1) is 18.2 Å². The minimum atomic E-state index is 0.00264. The highest BCUT2D eigenvalue weighted by Gasteiger charge is 2.34. The predicted octanol–water partition coefficient (Wildman–Crippen LogP) is 3.62. The van der Waals surface area contributed by atoms with Crippen LogP contribution < -0.4 is 10.2 Å². The molecule has 1 aliphatic carbocycles. The maximum absolute atomic E-state index is 13.0. The van der Waals surface area contributed by atoms with Crippen LogP contribution in [0.25, 0.3) is 0 Å². The summed E-state index contributed by atoms with van der Waals surface area (Å²) in [6.45, 7) is 6.24. The van der Waals surface area contributed by atoms with Crippen LogP contribution in [0.1, 0.15) is 56.7 Å². The Labute approximate surface area is 161 Å². The molecule has 4 rings (SSSR count). The van der Waals surface area contributed by atoms with Crippen LogP contribution in [-0.2, 0) is 10.2 Å². The van der Waals surface area contributed by atoms with Gasteiger partial charge in [0.25, 0.3) is 0 Å². The number of hydrogen-bond acceptors (Lipinski definition) is 4. The van der Waals surface area contributed by atoms with Crippen molar-refractivity contribution in [3.05, 3.63) is 54.0 Å². The van der Waals surface area contributed by atoms with Crippen molar-refractivity contribution in [1.29, 1.82) is 0 Å². The van der Waals surface area contributed by atoms with Crippen molar-refractivity contribution in [3.8, 4) is 0 Å². The molecule has 5 heteroatoms. The Bertz CT molecular complexity index is 805. The van der Waals surface area contributed by atoms with E-state index in [1.54, 1.807) is 18.6 Å². The Balaban J connectivity index is 1.46. The van der Waals surface area contributed by atoms with Crippen LogP contribution in [0, 0.1) is 5.92 Å². The fourth-order valence-electron chi connectivity index (χ4n) is 4.51. The largest absolute Gasteiger partial charge is 0.355 e. The fourth-order valence-corrected chi connectivity index (χ4v) is 4.51. The van der Waals surface area contributed by atoms with E-state index in [0.29, 0.717) is 6.54 Å². The lowest BCUT2D eigenvalue weighted by atomic mass is 9.71. The maximum Gasteiger partial charge on any atom is 0.225 e. The quantitative estimate of drug-likeness (QED) is 0.904. The summed E-state index contributed by atoms with van der Waals surface area (Å²) in [5.74, 6) is 1.03. The first-order chi connectivity index (χ1) is 13.0. The van der Waals surface area contributed by atoms with Crippen LogP contribution >= 0.6 is 0 Å². The van der Waals surface area contributed by atoms with Crippen molar-refractivity contribution in [2.45, 2.75) is 51.0 Å². The molecule has 2 heterocycles. The monoisotopic (exact) mass is 364 g/mol. The number of benzene rings is 1. The SMILES string of the molecule is CC1(C)CC[C@H](NC(=O)[C@@H]2CCCN(c3cnccn3)C2)c2ccccc21. The maximum atomic E-state index is 13.0. The van der Waals surface area contributed by atoms with Gasteiger partial charge in [-0.3, -0.25) is 9.78 Å². The van der Waals surface area contributed by atoms with Gasteiger partial charge in [-0.2, -0.15) is 0 Å². The summed E-state index contributed by atoms with van der Waals surface area (Å²) in [6.07, 6.45) is 9.19. The molecule has 2 aromatic rings. The van der Waals surface area contributed by atoms with Crippen LogP contribution in [0.15, 0.2) is 42.9 Å². The second kappa shape index (κ2) is 7.29. The highest BCUT2D eigenvalue weighted by molar-refractivity contribution is 5.80. The smallest absolute Gasteiger partial charge is 0.225 e. The van der Waals surface area contributed by atoms with E-state index < -0.39 is 0 Å². The number of nitrogens with one attached hydrogen (secondary N) is 1. The number of carbonyl (C=O) groups excluding carboxylic acids is 1. The molecule has 1 aromatic carbocycles. The van der Waals surface area contributed by atoms with E-state index in [-0.39, 0.29) is 23.3 Å². The Kier molecular flexibility index (Phi) is 4.85. The molecular formula is C22H28N4O. The molecular weight excluding hydrogens is 336 g/mol. The van der Waals surface area contributed by atoms with Crippen molar-refractivity contribution < 1.29 is 4.79 Å². The van der Waals surface area contributed by atoms with Crippen molar-refractivity contribution in [2.24, 2.45) is 5.92 Å². The predicted molar refractivity (Wildman–Crippen MR) is 107 cm³/mol. The molecule has 1 aromatic heterocycles. The Hall–Kier alpha value is -2.43. The number of anilines is 1. The van der Waals surface area contributed by atoms with Gasteiger partial charge in [0.15, 0.2) is 0 Å². The van der Waals surface area contributed by atoms with Crippen LogP contribution in [-0.4, -0.2) is 29.0 Å². The molecule has 1 saturated heterocycles. The van der Waals surface area contributed by atoms with Crippen LogP contribution in [0.3, 0.4) is 0 Å². The molecule has 1 amide bonds. The van der Waals surface area contributed by atoms with Gasteiger partial charge in [0.1, 0.15) is 5.82 Å². The molecule has 0 saturated carbocycles. The third-order valence-electron chi connectivity index (χ3n) is 6.11. The number of nitrogens with zero attached hydrogens (tertiary/aromatic N) is 3. The Morgan fingerprint density at radius 1 is 1.22 bits per heavy atom. The van der Waals surface area contributed by atoms with E-state index in [1.807, 2.05) is 0 Å². The van der Waals surface area contributed by atoms with Gasteiger partial charge < -0.3 is 10.2 Å². The second-order valence-electron chi connectivity index (χ2n) is 8.42. The van der Waals surface area contributed by atoms with E-state index >= 15 is 0 Å². The lowest BCUT2D eigenvalue weighted by Gasteiger charge is -2.38. The lowest BCUT2D eigenvalue weighted by molar-refractivity contribution is -0.126. The van der Waals surface area contributed by atoms with E-state index in [9.17, 15) is 4.79 Å². The highest BCUT2D eigenvalue weighted by atomic mass is 16.2. The summed E-state index contributed by atoms with van der Waals surface area (Å²) in [4.78, 5) is 23.8. The zero-order valence-electron chi connectivity index (χ0n) is 16.2. The molecule has 2 atom stereocenters. The standard InChI is InChI=1S/C22H28N4O/c1-22(2)10-9-19(17-7-3-4-8-18(17)22)25-21(27)16-6-5-13-26(15-16)20-14-23-11-12-24-20/h3-4,7-8,11-12,14,16,19H,5-6,9-10,13,15H2,1-2H3,(H,25,27)/t16-,19+/m1/s1. The number of hydrogen-bond donors (Lipinski definition) is 1. The van der Waals surface area contributed by atoms with Gasteiger partial charge in [0.2, 0.25) is 5.91 Å². The molecule has 1 N–H and O–H groups in total. The number of piperidine rings is 1. The fraction of sp³-hybridized carbons (Fsp3) is 0.500. The van der Waals surface area contributed by atoms with Gasteiger partial charge >= 0.3 is 0 Å². The molecule has 0 unspecified atom stereocenters. The zero-order chi connectivity index (χ0) is 18.9. The first-order valence-electron chi connectivity index (χ1n) is 9.95. The van der Waals surface area contributed by atoms with Crippen LogP contribution in [0.4, 0.5) is 5.82 Å². The van der Waals surface area contributed by atoms with Crippen molar-refractivity contribution in [3.63, 3.8) is 0 Å². The zero-order valence-corrected chi connectivity index (χ0v) is 16.2. The molecule has 142 valence electrons. The second-order valence-corrected chi connectivity index (χ2v) is 8.42. The average Bonchev–Trinajstić information content (AvgIpc) is 2.71. The van der Waals surface area contributed by atoms with Gasteiger partial charge in [-0.05, 0) is 42.2 Å². The molecule has 2 aliphatic rings. The third-order valence-corrected chi connectivity index (χ3v) is 6.11. The molecule has 27 heavy (non-hydrogen) atoms. The van der Waals surface area contributed by atoms with Gasteiger partial charge in [-0.25, -0.2) is 4.98 Å². The molecule has 0 bridgehead atoms. The van der Waals surface area contributed by atoms with E-state index in [1.165, 1.54) is 11.1 Å². The molecule has 1 fully saturated rings. The van der Waals surface area contributed by atoms with Crippen molar-refractivity contribution >= 4 is 11.7 Å². The first kappa shape index (κ1) is 18.0. The van der Waals surface area contributed by atoms with E-state index in [4.69, 9.17) is 0 Å². The summed E-state index contributed by atoms with van der Waals surface area (Å²) >= 11 is 0. The molecule has 0 spiro atoms. The van der Waals surface area contributed by atoms with Crippen molar-refractivity contribution in [1.82, 2.24) is 15.3 Å². The normalized spacial score (nSPS) is 24.1. The molecule has 0 radical (unpaired) electrons. The summed E-state index contributed by atoms with van der Waals surface area (Å²) in [7, 11) is 0. The number of rotatable bonds is 3. The minimum Gasteiger partial charge on any atom is -0.355 e. The van der Waals surface area contributed by atoms with E-state index in [2.05, 4.69) is 58.3 Å².